The number of halogens is 1. The highest BCUT2D eigenvalue weighted by molar-refractivity contribution is 9.10. The molecule has 0 aliphatic heterocycles. The summed E-state index contributed by atoms with van der Waals surface area (Å²) in [6.07, 6.45) is 0.500. The van der Waals surface area contributed by atoms with Crippen molar-refractivity contribution in [3.63, 3.8) is 0 Å². The monoisotopic (exact) mass is 660 g/mol. The van der Waals surface area contributed by atoms with Crippen molar-refractivity contribution in [3.8, 4) is 11.1 Å². The van der Waals surface area contributed by atoms with Crippen LogP contribution in [0.3, 0.4) is 0 Å². The van der Waals surface area contributed by atoms with Crippen LogP contribution in [0.5, 0.6) is 0 Å². The van der Waals surface area contributed by atoms with Gasteiger partial charge in [-0.2, -0.15) is 19.2 Å². The molecule has 0 aliphatic rings. The number of carbonyl (C=O) groups excluding carboxylic acids is 4. The lowest BCUT2D eigenvalue weighted by Crippen LogP contribution is -2.29. The molecule has 0 aliphatic carbocycles. The minimum Gasteiger partial charge on any atom is -0.423 e. The first-order valence-electron chi connectivity index (χ1n) is 12.3. The summed E-state index contributed by atoms with van der Waals surface area (Å²) < 4.78 is 3.95. The van der Waals surface area contributed by atoms with Gasteiger partial charge in [-0.25, -0.2) is 0 Å². The summed E-state index contributed by atoms with van der Waals surface area (Å²) >= 11 is 7.23. The fourth-order valence-electron chi connectivity index (χ4n) is 3.82. The molecule has 0 fully saturated rings. The molecule has 0 unspecified atom stereocenters. The number of benzene rings is 4. The summed E-state index contributed by atoms with van der Waals surface area (Å²) in [5.74, 6) is 0. The predicted octanol–water partition coefficient (Wildman–Crippen LogP) is 7.05. The Morgan fingerprint density at radius 1 is 0.619 bits per heavy atom. The van der Waals surface area contributed by atoms with Gasteiger partial charge in [-0.15, -0.1) is 22.7 Å². The van der Waals surface area contributed by atoms with E-state index in [2.05, 4.69) is 109 Å². The molecule has 212 valence electrons. The summed E-state index contributed by atoms with van der Waals surface area (Å²) in [6, 6.07) is 36.5. The molecular formula is C32H26BBrO6S2. The SMILES string of the molecule is Cc1cc2cccc(-c3ccccc3)c2s1.Cc1cc2cccc(Br)c2s1.O=C=O.O=C=O.OB(O)c1ccccc1. The van der Waals surface area contributed by atoms with Crippen molar-refractivity contribution in [2.75, 3.05) is 0 Å². The maximum Gasteiger partial charge on any atom is 0.488 e. The molecule has 6 nitrogen and oxygen atoms in total. The zero-order valence-electron chi connectivity index (χ0n) is 22.7. The number of thiophene rings is 2. The lowest BCUT2D eigenvalue weighted by atomic mass is 9.81. The van der Waals surface area contributed by atoms with Crippen molar-refractivity contribution in [2.24, 2.45) is 0 Å². The summed E-state index contributed by atoms with van der Waals surface area (Å²) in [5, 5.41) is 19.8. The molecule has 2 N–H and O–H groups in total. The van der Waals surface area contributed by atoms with Gasteiger partial charge in [0.05, 0.1) is 0 Å². The van der Waals surface area contributed by atoms with E-state index in [-0.39, 0.29) is 12.3 Å². The summed E-state index contributed by atoms with van der Waals surface area (Å²) in [6.45, 7) is 4.30. The van der Waals surface area contributed by atoms with Crippen molar-refractivity contribution in [3.05, 3.63) is 123 Å². The van der Waals surface area contributed by atoms with Crippen LogP contribution in [-0.2, 0) is 19.2 Å². The number of aryl methyl sites for hydroxylation is 2. The summed E-state index contributed by atoms with van der Waals surface area (Å²) in [7, 11) is -1.34. The molecule has 4 aromatic carbocycles. The second-order valence-corrected chi connectivity index (χ2v) is 11.8. The molecule has 0 saturated carbocycles. The van der Waals surface area contributed by atoms with Crippen molar-refractivity contribution >= 4 is 83.7 Å². The van der Waals surface area contributed by atoms with Crippen LogP contribution in [0.15, 0.2) is 114 Å². The number of hydrogen-bond donors (Lipinski definition) is 2. The first-order chi connectivity index (χ1) is 20.2. The Morgan fingerprint density at radius 2 is 1.07 bits per heavy atom. The zero-order valence-corrected chi connectivity index (χ0v) is 25.9. The fraction of sp³-hybridized carbons (Fsp3) is 0.0625. The van der Waals surface area contributed by atoms with E-state index < -0.39 is 7.12 Å². The second-order valence-electron chi connectivity index (χ2n) is 8.41. The molecule has 6 rings (SSSR count). The number of rotatable bonds is 2. The van der Waals surface area contributed by atoms with E-state index in [0.29, 0.717) is 5.46 Å². The highest BCUT2D eigenvalue weighted by Crippen LogP contribution is 2.34. The lowest BCUT2D eigenvalue weighted by Gasteiger charge is -2.02. The van der Waals surface area contributed by atoms with E-state index in [9.17, 15) is 0 Å². The molecule has 6 aromatic rings. The second kappa shape index (κ2) is 18.5. The first kappa shape index (κ1) is 34.2. The third kappa shape index (κ3) is 10.8. The lowest BCUT2D eigenvalue weighted by molar-refractivity contribution is -0.193. The van der Waals surface area contributed by atoms with Gasteiger partial charge in [0.1, 0.15) is 0 Å². The Balaban J connectivity index is 0.000000209. The van der Waals surface area contributed by atoms with E-state index in [1.54, 1.807) is 24.3 Å². The van der Waals surface area contributed by atoms with Gasteiger partial charge in [-0.05, 0) is 75.3 Å². The maximum atomic E-state index is 8.58. The van der Waals surface area contributed by atoms with Crippen molar-refractivity contribution in [2.45, 2.75) is 13.8 Å². The topological polar surface area (TPSA) is 109 Å². The van der Waals surface area contributed by atoms with Crippen LogP contribution >= 0.6 is 38.6 Å². The van der Waals surface area contributed by atoms with Crippen LogP contribution in [0, 0.1) is 13.8 Å². The van der Waals surface area contributed by atoms with Crippen LogP contribution in [0.2, 0.25) is 0 Å². The third-order valence-corrected chi connectivity index (χ3v) is 8.59. The average molecular weight is 661 g/mol. The molecule has 10 heteroatoms. The molecule has 0 spiro atoms. The van der Waals surface area contributed by atoms with Gasteiger partial charge in [-0.3, -0.25) is 0 Å². The molecule has 0 atom stereocenters. The van der Waals surface area contributed by atoms with Gasteiger partial charge in [-0.1, -0.05) is 91.0 Å². The number of fused-ring (bicyclic) bond motifs is 2. The van der Waals surface area contributed by atoms with Gasteiger partial charge >= 0.3 is 19.4 Å². The molecule has 2 aromatic heterocycles. The van der Waals surface area contributed by atoms with E-state index in [1.807, 2.05) is 28.7 Å². The summed E-state index contributed by atoms with van der Waals surface area (Å²) in [4.78, 5) is 35.2. The highest BCUT2D eigenvalue weighted by Gasteiger charge is 2.07. The van der Waals surface area contributed by atoms with E-state index in [1.165, 1.54) is 45.5 Å². The standard InChI is InChI=1S/C15H12S.C9H7BrS.C6H7BO2.2CO2/c1-11-10-13-8-5-9-14(15(13)16-11)12-6-3-2-4-7-12;1-6-5-7-3-2-4-8(10)9(7)11-6;8-7(9)6-4-2-1-3-5-6;2*2-1-3/h2-10H,1H3;2-5H,1H3;1-5,8-9H;;. The third-order valence-electron chi connectivity index (χ3n) is 5.47. The predicted molar refractivity (Wildman–Crippen MR) is 173 cm³/mol. The van der Waals surface area contributed by atoms with E-state index in [4.69, 9.17) is 29.2 Å². The van der Waals surface area contributed by atoms with Gasteiger partial charge in [0, 0.05) is 23.6 Å². The maximum absolute atomic E-state index is 8.58. The zero-order chi connectivity index (χ0) is 30.9. The van der Waals surface area contributed by atoms with Gasteiger partial charge in [0.2, 0.25) is 0 Å². The molecular weight excluding hydrogens is 635 g/mol. The minimum absolute atomic E-state index is 0.250. The fourth-order valence-corrected chi connectivity index (χ4v) is 6.41. The van der Waals surface area contributed by atoms with Crippen LogP contribution in [0.25, 0.3) is 31.3 Å². The van der Waals surface area contributed by atoms with E-state index >= 15 is 0 Å². The van der Waals surface area contributed by atoms with Gasteiger partial charge in [0.25, 0.3) is 0 Å². The largest absolute Gasteiger partial charge is 0.488 e. The normalized spacial score (nSPS) is 9.26. The highest BCUT2D eigenvalue weighted by atomic mass is 79.9. The Morgan fingerprint density at radius 3 is 1.55 bits per heavy atom. The minimum atomic E-state index is -1.34. The van der Waals surface area contributed by atoms with Gasteiger partial charge < -0.3 is 10.0 Å². The Bertz CT molecular complexity index is 1730. The summed E-state index contributed by atoms with van der Waals surface area (Å²) in [5.41, 5.74) is 3.17. The molecule has 0 amide bonds. The molecule has 0 bridgehead atoms. The van der Waals surface area contributed by atoms with Crippen LogP contribution in [-0.4, -0.2) is 29.5 Å². The Hall–Kier alpha value is -3.98. The molecule has 2 heterocycles. The Kier molecular flexibility index (Phi) is 15.0. The average Bonchev–Trinajstić information content (AvgIpc) is 3.57. The number of hydrogen-bond acceptors (Lipinski definition) is 8. The van der Waals surface area contributed by atoms with Gasteiger partial charge in [0.15, 0.2) is 0 Å². The van der Waals surface area contributed by atoms with Crippen molar-refractivity contribution in [1.82, 2.24) is 0 Å². The van der Waals surface area contributed by atoms with Crippen molar-refractivity contribution in [1.29, 1.82) is 0 Å². The molecule has 0 saturated heterocycles. The Labute approximate surface area is 260 Å². The van der Waals surface area contributed by atoms with Crippen molar-refractivity contribution < 1.29 is 29.2 Å². The van der Waals surface area contributed by atoms with Crippen LogP contribution < -0.4 is 5.46 Å². The molecule has 0 radical (unpaired) electrons. The van der Waals surface area contributed by atoms with Crippen LogP contribution in [0.4, 0.5) is 0 Å². The smallest absolute Gasteiger partial charge is 0.423 e. The van der Waals surface area contributed by atoms with Crippen LogP contribution in [0.1, 0.15) is 9.75 Å². The quantitative estimate of drug-likeness (QED) is 0.193. The molecule has 42 heavy (non-hydrogen) atoms. The van der Waals surface area contributed by atoms with E-state index in [0.717, 1.165) is 0 Å². The first-order valence-corrected chi connectivity index (χ1v) is 14.8.